The molecule has 1 aromatic carbocycles. The summed E-state index contributed by atoms with van der Waals surface area (Å²) in [7, 11) is 1.63. The van der Waals surface area contributed by atoms with E-state index in [1.807, 2.05) is 12.1 Å². The number of hydrogen-bond acceptors (Lipinski definition) is 5. The third-order valence-electron chi connectivity index (χ3n) is 3.60. The summed E-state index contributed by atoms with van der Waals surface area (Å²) < 4.78 is 10.2. The molecule has 0 saturated heterocycles. The topological polar surface area (TPSA) is 68.0 Å². The van der Waals surface area contributed by atoms with Crippen molar-refractivity contribution in [2.24, 2.45) is 0 Å². The number of benzene rings is 1. The van der Waals surface area contributed by atoms with E-state index in [9.17, 15) is 5.11 Å². The highest BCUT2D eigenvalue weighted by molar-refractivity contribution is 5.51. The third kappa shape index (κ3) is 4.18. The molecular formula is C15H24N2O3. The lowest BCUT2D eigenvalue weighted by atomic mass is 9.98. The zero-order valence-corrected chi connectivity index (χ0v) is 12.0. The van der Waals surface area contributed by atoms with E-state index in [0.717, 1.165) is 25.2 Å². The SMILES string of the molecule is COCCOCC(O)CN1CCc2cccc(N)c2C1. The molecule has 0 bridgehead atoms. The Bertz CT molecular complexity index is 426. The van der Waals surface area contributed by atoms with Gasteiger partial charge in [0.25, 0.3) is 0 Å². The fourth-order valence-electron chi connectivity index (χ4n) is 2.53. The number of ether oxygens (including phenoxy) is 2. The maximum absolute atomic E-state index is 9.98. The smallest absolute Gasteiger partial charge is 0.0900 e. The van der Waals surface area contributed by atoms with E-state index < -0.39 is 6.10 Å². The van der Waals surface area contributed by atoms with Crippen molar-refractivity contribution in [2.75, 3.05) is 45.8 Å². The summed E-state index contributed by atoms with van der Waals surface area (Å²) in [6, 6.07) is 6.07. The Morgan fingerprint density at radius 3 is 3.05 bits per heavy atom. The van der Waals surface area contributed by atoms with Crippen LogP contribution in [0.1, 0.15) is 11.1 Å². The fourth-order valence-corrected chi connectivity index (χ4v) is 2.53. The van der Waals surface area contributed by atoms with Crippen molar-refractivity contribution in [3.05, 3.63) is 29.3 Å². The molecule has 0 spiro atoms. The Hall–Kier alpha value is -1.14. The molecule has 0 fully saturated rings. The highest BCUT2D eigenvalue weighted by Crippen LogP contribution is 2.24. The summed E-state index contributed by atoms with van der Waals surface area (Å²) in [5.41, 5.74) is 9.39. The molecule has 1 aromatic rings. The van der Waals surface area contributed by atoms with Crippen LogP contribution >= 0.6 is 0 Å². The van der Waals surface area contributed by atoms with Crippen molar-refractivity contribution in [3.63, 3.8) is 0 Å². The van der Waals surface area contributed by atoms with Gasteiger partial charge in [0.2, 0.25) is 0 Å². The first kappa shape index (κ1) is 15.3. The van der Waals surface area contributed by atoms with Crippen LogP contribution in [0.15, 0.2) is 18.2 Å². The van der Waals surface area contributed by atoms with Gasteiger partial charge < -0.3 is 20.3 Å². The fraction of sp³-hybridized carbons (Fsp3) is 0.600. The molecule has 0 radical (unpaired) electrons. The molecule has 0 aromatic heterocycles. The van der Waals surface area contributed by atoms with Crippen LogP contribution in [0.3, 0.4) is 0 Å². The molecule has 0 amide bonds. The minimum absolute atomic E-state index is 0.344. The van der Waals surface area contributed by atoms with Gasteiger partial charge >= 0.3 is 0 Å². The van der Waals surface area contributed by atoms with Crippen LogP contribution in [0.25, 0.3) is 0 Å². The summed E-state index contributed by atoms with van der Waals surface area (Å²) >= 11 is 0. The van der Waals surface area contributed by atoms with Gasteiger partial charge in [-0.3, -0.25) is 4.90 Å². The van der Waals surface area contributed by atoms with Gasteiger partial charge in [-0.1, -0.05) is 12.1 Å². The summed E-state index contributed by atoms with van der Waals surface area (Å²) in [6.07, 6.45) is 0.510. The van der Waals surface area contributed by atoms with Crippen molar-refractivity contribution in [2.45, 2.75) is 19.1 Å². The number of methoxy groups -OCH3 is 1. The van der Waals surface area contributed by atoms with E-state index in [0.29, 0.717) is 26.4 Å². The highest BCUT2D eigenvalue weighted by atomic mass is 16.5. The number of rotatable bonds is 7. The first-order chi connectivity index (χ1) is 9.70. The normalized spacial score (nSPS) is 16.9. The Morgan fingerprint density at radius 1 is 1.40 bits per heavy atom. The van der Waals surface area contributed by atoms with Gasteiger partial charge in [0.1, 0.15) is 0 Å². The molecule has 3 N–H and O–H groups in total. The van der Waals surface area contributed by atoms with E-state index in [1.165, 1.54) is 11.1 Å². The average Bonchev–Trinajstić information content (AvgIpc) is 2.45. The van der Waals surface area contributed by atoms with Gasteiger partial charge in [0.15, 0.2) is 0 Å². The second kappa shape index (κ2) is 7.59. The van der Waals surface area contributed by atoms with Crippen molar-refractivity contribution < 1.29 is 14.6 Å². The molecule has 5 nitrogen and oxygen atoms in total. The molecule has 112 valence electrons. The zero-order chi connectivity index (χ0) is 14.4. The van der Waals surface area contributed by atoms with Gasteiger partial charge in [-0.2, -0.15) is 0 Å². The molecular weight excluding hydrogens is 256 g/mol. The maximum atomic E-state index is 9.98. The summed E-state index contributed by atoms with van der Waals surface area (Å²) in [6.45, 7) is 3.78. The first-order valence-corrected chi connectivity index (χ1v) is 7.04. The molecule has 1 aliphatic rings. The van der Waals surface area contributed by atoms with Gasteiger partial charge in [0.05, 0.1) is 25.9 Å². The lowest BCUT2D eigenvalue weighted by Crippen LogP contribution is -2.38. The standard InChI is InChI=1S/C15H24N2O3/c1-19-7-8-20-11-13(18)9-17-6-5-12-3-2-4-15(16)14(12)10-17/h2-4,13,18H,5-11,16H2,1H3. The summed E-state index contributed by atoms with van der Waals surface area (Å²) in [5, 5.41) is 9.98. The lowest BCUT2D eigenvalue weighted by molar-refractivity contribution is -0.00215. The van der Waals surface area contributed by atoms with Crippen molar-refractivity contribution in [1.82, 2.24) is 4.90 Å². The average molecular weight is 280 g/mol. The summed E-state index contributed by atoms with van der Waals surface area (Å²) in [5.74, 6) is 0. The van der Waals surface area contributed by atoms with Crippen LogP contribution in [-0.2, 0) is 22.4 Å². The molecule has 1 unspecified atom stereocenters. The number of nitrogen functional groups attached to an aromatic ring is 1. The molecule has 5 heteroatoms. The molecule has 2 rings (SSSR count). The Balaban J connectivity index is 1.79. The predicted molar refractivity (Wildman–Crippen MR) is 78.5 cm³/mol. The van der Waals surface area contributed by atoms with Gasteiger partial charge in [-0.25, -0.2) is 0 Å². The molecule has 0 saturated carbocycles. The number of aliphatic hydroxyl groups excluding tert-OH is 1. The van der Waals surface area contributed by atoms with Crippen LogP contribution in [0, 0.1) is 0 Å². The Labute approximate surface area is 120 Å². The van der Waals surface area contributed by atoms with Crippen LogP contribution in [0.2, 0.25) is 0 Å². The minimum Gasteiger partial charge on any atom is -0.398 e. The van der Waals surface area contributed by atoms with Crippen LogP contribution in [0.5, 0.6) is 0 Å². The van der Waals surface area contributed by atoms with E-state index in [1.54, 1.807) is 7.11 Å². The number of β-amino-alcohol motifs (C(OH)–C–C–N with tert-alkyl or cyclic N) is 1. The Kier molecular flexibility index (Phi) is 5.79. The van der Waals surface area contributed by atoms with E-state index >= 15 is 0 Å². The van der Waals surface area contributed by atoms with Gasteiger partial charge in [-0.05, 0) is 23.6 Å². The maximum Gasteiger partial charge on any atom is 0.0900 e. The van der Waals surface area contributed by atoms with Crippen LogP contribution < -0.4 is 5.73 Å². The number of hydrogen-bond donors (Lipinski definition) is 2. The zero-order valence-electron chi connectivity index (χ0n) is 12.0. The molecule has 1 atom stereocenters. The molecule has 20 heavy (non-hydrogen) atoms. The number of fused-ring (bicyclic) bond motifs is 1. The third-order valence-corrected chi connectivity index (χ3v) is 3.60. The number of nitrogens with two attached hydrogens (primary N) is 1. The number of aliphatic hydroxyl groups is 1. The van der Waals surface area contributed by atoms with Crippen molar-refractivity contribution in [1.29, 1.82) is 0 Å². The van der Waals surface area contributed by atoms with E-state index in [4.69, 9.17) is 15.2 Å². The lowest BCUT2D eigenvalue weighted by Gasteiger charge is -2.31. The summed E-state index contributed by atoms with van der Waals surface area (Å²) in [4.78, 5) is 2.23. The molecule has 1 aliphatic heterocycles. The first-order valence-electron chi connectivity index (χ1n) is 7.04. The monoisotopic (exact) mass is 280 g/mol. The molecule has 0 aliphatic carbocycles. The van der Waals surface area contributed by atoms with Crippen molar-refractivity contribution in [3.8, 4) is 0 Å². The highest BCUT2D eigenvalue weighted by Gasteiger charge is 2.20. The number of nitrogens with zero attached hydrogens (tertiary/aromatic N) is 1. The number of anilines is 1. The van der Waals surface area contributed by atoms with Crippen LogP contribution in [-0.4, -0.2) is 56.1 Å². The van der Waals surface area contributed by atoms with Crippen molar-refractivity contribution >= 4 is 5.69 Å². The second-order valence-corrected chi connectivity index (χ2v) is 5.19. The van der Waals surface area contributed by atoms with E-state index in [2.05, 4.69) is 11.0 Å². The minimum atomic E-state index is -0.474. The predicted octanol–water partition coefficient (Wildman–Crippen LogP) is 0.651. The van der Waals surface area contributed by atoms with Gasteiger partial charge in [0, 0.05) is 32.4 Å². The quantitative estimate of drug-likeness (QED) is 0.567. The van der Waals surface area contributed by atoms with Gasteiger partial charge in [-0.15, -0.1) is 0 Å². The van der Waals surface area contributed by atoms with Crippen LogP contribution in [0.4, 0.5) is 5.69 Å². The molecule has 1 heterocycles. The second-order valence-electron chi connectivity index (χ2n) is 5.19. The van der Waals surface area contributed by atoms with E-state index in [-0.39, 0.29) is 0 Å². The Morgan fingerprint density at radius 2 is 2.25 bits per heavy atom. The largest absolute Gasteiger partial charge is 0.398 e.